The molecule has 1 N–H and O–H groups in total. The van der Waals surface area contributed by atoms with Crippen molar-refractivity contribution in [2.75, 3.05) is 5.32 Å². The minimum absolute atomic E-state index is 0.0859. The van der Waals surface area contributed by atoms with Crippen LogP contribution in [0.3, 0.4) is 0 Å². The molecule has 0 unspecified atom stereocenters. The molecular weight excluding hydrogens is 284 g/mol. The topological polar surface area (TPSA) is 59.8 Å². The van der Waals surface area contributed by atoms with Crippen LogP contribution in [0.2, 0.25) is 0 Å². The summed E-state index contributed by atoms with van der Waals surface area (Å²) >= 11 is 3.43. The SMILES string of the molecule is Cc1nnn2c1-c1cc(Br)ccc1NC(=O)C2. The van der Waals surface area contributed by atoms with E-state index in [0.29, 0.717) is 0 Å². The Labute approximate surface area is 106 Å². The van der Waals surface area contributed by atoms with Crippen molar-refractivity contribution in [1.29, 1.82) is 0 Å². The van der Waals surface area contributed by atoms with Crippen LogP contribution in [0.5, 0.6) is 0 Å². The molecule has 1 aliphatic rings. The minimum atomic E-state index is -0.0859. The van der Waals surface area contributed by atoms with Gasteiger partial charge in [-0.2, -0.15) is 0 Å². The van der Waals surface area contributed by atoms with Crippen molar-refractivity contribution in [1.82, 2.24) is 15.0 Å². The van der Waals surface area contributed by atoms with Gasteiger partial charge in [0.15, 0.2) is 0 Å². The van der Waals surface area contributed by atoms with Crippen LogP contribution in [0.15, 0.2) is 22.7 Å². The summed E-state index contributed by atoms with van der Waals surface area (Å²) in [5.74, 6) is -0.0859. The van der Waals surface area contributed by atoms with Crippen molar-refractivity contribution < 1.29 is 4.79 Å². The van der Waals surface area contributed by atoms with Crippen molar-refractivity contribution >= 4 is 27.5 Å². The summed E-state index contributed by atoms with van der Waals surface area (Å²) < 4.78 is 2.59. The molecule has 1 aliphatic heterocycles. The fourth-order valence-corrected chi connectivity index (χ4v) is 2.35. The van der Waals surface area contributed by atoms with E-state index < -0.39 is 0 Å². The lowest BCUT2D eigenvalue weighted by atomic mass is 10.1. The number of amides is 1. The lowest BCUT2D eigenvalue weighted by molar-refractivity contribution is -0.116. The highest BCUT2D eigenvalue weighted by Crippen LogP contribution is 2.33. The van der Waals surface area contributed by atoms with Gasteiger partial charge < -0.3 is 5.32 Å². The van der Waals surface area contributed by atoms with Gasteiger partial charge in [-0.25, -0.2) is 4.68 Å². The summed E-state index contributed by atoms with van der Waals surface area (Å²) in [6, 6.07) is 5.73. The van der Waals surface area contributed by atoms with Crippen molar-refractivity contribution in [3.05, 3.63) is 28.4 Å². The van der Waals surface area contributed by atoms with Crippen LogP contribution in [-0.4, -0.2) is 20.9 Å². The first kappa shape index (κ1) is 10.5. The van der Waals surface area contributed by atoms with Gasteiger partial charge in [0, 0.05) is 10.0 Å². The van der Waals surface area contributed by atoms with Gasteiger partial charge in [-0.15, -0.1) is 5.10 Å². The van der Waals surface area contributed by atoms with Crippen LogP contribution in [0.4, 0.5) is 5.69 Å². The van der Waals surface area contributed by atoms with E-state index in [2.05, 4.69) is 31.6 Å². The highest BCUT2D eigenvalue weighted by Gasteiger charge is 2.22. The molecule has 5 nitrogen and oxygen atoms in total. The zero-order chi connectivity index (χ0) is 12.0. The van der Waals surface area contributed by atoms with Gasteiger partial charge in [0.1, 0.15) is 6.54 Å². The van der Waals surface area contributed by atoms with Crippen LogP contribution in [0, 0.1) is 6.92 Å². The van der Waals surface area contributed by atoms with Crippen molar-refractivity contribution in [3.63, 3.8) is 0 Å². The smallest absolute Gasteiger partial charge is 0.246 e. The highest BCUT2D eigenvalue weighted by molar-refractivity contribution is 9.10. The second kappa shape index (κ2) is 3.66. The van der Waals surface area contributed by atoms with E-state index in [1.54, 1.807) is 4.68 Å². The lowest BCUT2D eigenvalue weighted by Crippen LogP contribution is -2.17. The Hall–Kier alpha value is -1.69. The van der Waals surface area contributed by atoms with Gasteiger partial charge >= 0.3 is 0 Å². The number of fused-ring (bicyclic) bond motifs is 3. The van der Waals surface area contributed by atoms with E-state index in [9.17, 15) is 4.79 Å². The summed E-state index contributed by atoms with van der Waals surface area (Å²) in [6.45, 7) is 2.09. The molecule has 1 amide bonds. The molecular formula is C11H9BrN4O. The number of nitrogens with one attached hydrogen (secondary N) is 1. The minimum Gasteiger partial charge on any atom is -0.324 e. The number of hydrogen-bond acceptors (Lipinski definition) is 3. The quantitative estimate of drug-likeness (QED) is 0.808. The van der Waals surface area contributed by atoms with Crippen LogP contribution in [-0.2, 0) is 11.3 Å². The summed E-state index contributed by atoms with van der Waals surface area (Å²) in [4.78, 5) is 11.7. The van der Waals surface area contributed by atoms with Crippen LogP contribution < -0.4 is 5.32 Å². The molecule has 0 fully saturated rings. The third kappa shape index (κ3) is 1.64. The maximum atomic E-state index is 11.7. The van der Waals surface area contributed by atoms with E-state index in [4.69, 9.17) is 0 Å². The van der Waals surface area contributed by atoms with Crippen LogP contribution in [0.1, 0.15) is 5.69 Å². The lowest BCUT2D eigenvalue weighted by Gasteiger charge is -2.07. The molecule has 6 heteroatoms. The summed E-state index contributed by atoms with van der Waals surface area (Å²) in [7, 11) is 0. The monoisotopic (exact) mass is 292 g/mol. The Morgan fingerprint density at radius 2 is 2.29 bits per heavy atom. The number of carbonyl (C=O) groups is 1. The van der Waals surface area contributed by atoms with E-state index in [-0.39, 0.29) is 12.5 Å². The molecule has 1 aromatic heterocycles. The average Bonchev–Trinajstić information content (AvgIpc) is 2.56. The summed E-state index contributed by atoms with van der Waals surface area (Å²) in [5, 5.41) is 10.9. The number of aryl methyl sites for hydroxylation is 1. The Kier molecular flexibility index (Phi) is 2.25. The number of nitrogens with zero attached hydrogens (tertiary/aromatic N) is 3. The molecule has 2 heterocycles. The third-order valence-corrected chi connectivity index (χ3v) is 3.20. The molecule has 1 aromatic carbocycles. The number of anilines is 1. The first-order valence-electron chi connectivity index (χ1n) is 5.15. The van der Waals surface area contributed by atoms with Gasteiger partial charge in [-0.05, 0) is 25.1 Å². The Balaban J connectivity index is 2.33. The molecule has 0 radical (unpaired) electrons. The van der Waals surface area contributed by atoms with Gasteiger partial charge in [0.25, 0.3) is 0 Å². The highest BCUT2D eigenvalue weighted by atomic mass is 79.9. The third-order valence-electron chi connectivity index (χ3n) is 2.71. The maximum Gasteiger partial charge on any atom is 0.246 e. The molecule has 0 saturated carbocycles. The predicted octanol–water partition coefficient (Wildman–Crippen LogP) is 1.97. The standard InChI is InChI=1S/C11H9BrN4O/c1-6-11-8-4-7(12)2-3-9(8)13-10(17)5-16(11)15-14-6/h2-4H,5H2,1H3,(H,13,17). The molecule has 0 atom stereocenters. The number of halogens is 1. The van der Waals surface area contributed by atoms with Gasteiger partial charge in [0.05, 0.1) is 17.1 Å². The zero-order valence-electron chi connectivity index (χ0n) is 9.07. The van der Waals surface area contributed by atoms with Crippen LogP contribution >= 0.6 is 15.9 Å². The fraction of sp³-hybridized carbons (Fsp3) is 0.182. The maximum absolute atomic E-state index is 11.7. The summed E-state index contributed by atoms with van der Waals surface area (Å²) in [5.41, 5.74) is 3.44. The molecule has 86 valence electrons. The van der Waals surface area contributed by atoms with E-state index in [1.165, 1.54) is 0 Å². The van der Waals surface area contributed by atoms with Gasteiger partial charge in [0.2, 0.25) is 5.91 Å². The predicted molar refractivity (Wildman–Crippen MR) is 66.5 cm³/mol. The second-order valence-corrected chi connectivity index (χ2v) is 4.83. The van der Waals surface area contributed by atoms with Crippen LogP contribution in [0.25, 0.3) is 11.3 Å². The molecule has 0 bridgehead atoms. The Bertz CT molecular complexity index is 620. The summed E-state index contributed by atoms with van der Waals surface area (Å²) in [6.07, 6.45) is 0. The normalized spacial score (nSPS) is 13.6. The second-order valence-electron chi connectivity index (χ2n) is 3.92. The molecule has 0 aliphatic carbocycles. The molecule has 17 heavy (non-hydrogen) atoms. The number of carbonyl (C=O) groups excluding carboxylic acids is 1. The van der Waals surface area contributed by atoms with Gasteiger partial charge in [-0.1, -0.05) is 21.1 Å². The van der Waals surface area contributed by atoms with E-state index in [1.807, 2.05) is 25.1 Å². The molecule has 0 saturated heterocycles. The fourth-order valence-electron chi connectivity index (χ4n) is 1.99. The Morgan fingerprint density at radius 3 is 3.12 bits per heavy atom. The van der Waals surface area contributed by atoms with Gasteiger partial charge in [-0.3, -0.25) is 4.79 Å². The largest absolute Gasteiger partial charge is 0.324 e. The molecule has 2 aromatic rings. The number of hydrogen-bond donors (Lipinski definition) is 1. The van der Waals surface area contributed by atoms with Crippen molar-refractivity contribution in [3.8, 4) is 11.3 Å². The number of rotatable bonds is 0. The van der Waals surface area contributed by atoms with Crippen molar-refractivity contribution in [2.24, 2.45) is 0 Å². The number of aromatic nitrogens is 3. The van der Waals surface area contributed by atoms with E-state index in [0.717, 1.165) is 27.1 Å². The van der Waals surface area contributed by atoms with E-state index >= 15 is 0 Å². The van der Waals surface area contributed by atoms with Crippen molar-refractivity contribution in [2.45, 2.75) is 13.5 Å². The average molecular weight is 293 g/mol. The first-order valence-corrected chi connectivity index (χ1v) is 5.94. The first-order chi connectivity index (χ1) is 8.15. The molecule has 3 rings (SSSR count). The number of benzene rings is 1. The Morgan fingerprint density at radius 1 is 1.47 bits per heavy atom. The zero-order valence-corrected chi connectivity index (χ0v) is 10.7. The molecule has 0 spiro atoms.